The number of carbonyl (C=O) groups excluding carboxylic acids is 1. The van der Waals surface area contributed by atoms with Crippen molar-refractivity contribution in [3.63, 3.8) is 0 Å². The van der Waals surface area contributed by atoms with Gasteiger partial charge in [0, 0.05) is 24.1 Å². The zero-order valence-electron chi connectivity index (χ0n) is 11.2. The van der Waals surface area contributed by atoms with E-state index in [1.807, 2.05) is 0 Å². The average Bonchev–Trinajstić information content (AvgIpc) is 3.00. The number of nitrogens with one attached hydrogen (secondary N) is 1. The summed E-state index contributed by atoms with van der Waals surface area (Å²) in [5.41, 5.74) is 1.26. The molecule has 5 heteroatoms. The molecule has 0 saturated carbocycles. The first-order valence-corrected chi connectivity index (χ1v) is 6.39. The highest BCUT2D eigenvalue weighted by Crippen LogP contribution is 2.10. The van der Waals surface area contributed by atoms with Gasteiger partial charge in [0.25, 0.3) is 5.91 Å². The predicted octanol–water partition coefficient (Wildman–Crippen LogP) is 2.08. The molecule has 2 rings (SSSR count). The van der Waals surface area contributed by atoms with Gasteiger partial charge in [0.05, 0.1) is 24.7 Å². The molecule has 2 aromatic rings. The van der Waals surface area contributed by atoms with Crippen LogP contribution in [0.25, 0.3) is 0 Å². The molecule has 0 aliphatic carbocycles. The number of rotatable bonds is 4. The summed E-state index contributed by atoms with van der Waals surface area (Å²) >= 11 is 0. The molecule has 1 heterocycles. The molecular weight excluding hydrogens is 273 g/mol. The van der Waals surface area contributed by atoms with Crippen LogP contribution in [0.15, 0.2) is 41.2 Å². The highest BCUT2D eigenvalue weighted by Gasteiger charge is 2.09. The van der Waals surface area contributed by atoms with E-state index in [0.29, 0.717) is 6.54 Å². The number of aliphatic hydroxyl groups is 1. The zero-order chi connectivity index (χ0) is 15.1. The van der Waals surface area contributed by atoms with Crippen molar-refractivity contribution in [2.24, 2.45) is 0 Å². The Labute approximate surface area is 121 Å². The van der Waals surface area contributed by atoms with E-state index in [-0.39, 0.29) is 30.1 Å². The average molecular weight is 287 g/mol. The topological polar surface area (TPSA) is 62.5 Å². The number of benzene rings is 1. The van der Waals surface area contributed by atoms with Crippen LogP contribution in [0.4, 0.5) is 4.39 Å². The minimum atomic E-state index is -0.559. The van der Waals surface area contributed by atoms with E-state index in [9.17, 15) is 9.18 Å². The summed E-state index contributed by atoms with van der Waals surface area (Å²) in [5.74, 6) is 4.31. The van der Waals surface area contributed by atoms with E-state index in [2.05, 4.69) is 17.2 Å². The van der Waals surface area contributed by atoms with E-state index in [1.165, 1.54) is 24.7 Å². The molecular formula is C16H14FNO3. The van der Waals surface area contributed by atoms with Crippen LogP contribution in [0.5, 0.6) is 0 Å². The molecule has 2 N–H and O–H groups in total. The summed E-state index contributed by atoms with van der Waals surface area (Å²) in [6.07, 6.45) is 3.33. The fraction of sp³-hybridized carbons (Fsp3) is 0.188. The zero-order valence-corrected chi connectivity index (χ0v) is 11.2. The van der Waals surface area contributed by atoms with E-state index in [1.54, 1.807) is 6.07 Å². The summed E-state index contributed by atoms with van der Waals surface area (Å²) in [5, 5.41) is 11.3. The fourth-order valence-corrected chi connectivity index (χ4v) is 1.65. The van der Waals surface area contributed by atoms with Crippen LogP contribution in [-0.4, -0.2) is 17.6 Å². The molecule has 0 atom stereocenters. The second kappa shape index (κ2) is 7.27. The van der Waals surface area contributed by atoms with Crippen molar-refractivity contribution in [2.45, 2.75) is 13.0 Å². The Morgan fingerprint density at radius 3 is 2.90 bits per heavy atom. The second-order valence-corrected chi connectivity index (χ2v) is 4.28. The Hall–Kier alpha value is -2.58. The number of halogens is 1. The lowest BCUT2D eigenvalue weighted by molar-refractivity contribution is 0.0950. The van der Waals surface area contributed by atoms with Crippen molar-refractivity contribution in [1.29, 1.82) is 0 Å². The summed E-state index contributed by atoms with van der Waals surface area (Å²) in [6.45, 7) is 0.248. The molecule has 0 aliphatic heterocycles. The third-order valence-electron chi connectivity index (χ3n) is 2.72. The van der Waals surface area contributed by atoms with Gasteiger partial charge >= 0.3 is 0 Å². The van der Waals surface area contributed by atoms with Crippen LogP contribution < -0.4 is 5.32 Å². The van der Waals surface area contributed by atoms with E-state index >= 15 is 0 Å². The molecule has 1 aromatic carbocycles. The molecule has 0 unspecified atom stereocenters. The van der Waals surface area contributed by atoms with Crippen molar-refractivity contribution in [3.8, 4) is 11.8 Å². The molecule has 0 aliphatic rings. The van der Waals surface area contributed by atoms with Crippen LogP contribution in [0.2, 0.25) is 0 Å². The minimum absolute atomic E-state index is 0.0663. The summed E-state index contributed by atoms with van der Waals surface area (Å²) in [4.78, 5) is 11.9. The van der Waals surface area contributed by atoms with Crippen molar-refractivity contribution in [1.82, 2.24) is 5.32 Å². The van der Waals surface area contributed by atoms with E-state index in [4.69, 9.17) is 9.52 Å². The standard InChI is InChI=1S/C16H14FNO3/c17-15-9-14(5-4-13(15)3-1-2-7-19)16(20)18-10-12-6-8-21-11-12/h4-6,8-9,11,19H,2,7,10H2,(H,18,20). The van der Waals surface area contributed by atoms with Crippen LogP contribution in [0.1, 0.15) is 27.9 Å². The van der Waals surface area contributed by atoms with Gasteiger partial charge in [-0.2, -0.15) is 0 Å². The Kier molecular flexibility index (Phi) is 5.13. The first kappa shape index (κ1) is 14.8. The maximum Gasteiger partial charge on any atom is 0.251 e. The second-order valence-electron chi connectivity index (χ2n) is 4.28. The Morgan fingerprint density at radius 2 is 2.24 bits per heavy atom. The van der Waals surface area contributed by atoms with Gasteiger partial charge < -0.3 is 14.8 Å². The third kappa shape index (κ3) is 4.20. The van der Waals surface area contributed by atoms with Gasteiger partial charge in [-0.1, -0.05) is 11.8 Å². The highest BCUT2D eigenvalue weighted by molar-refractivity contribution is 5.94. The molecule has 0 spiro atoms. The molecule has 1 amide bonds. The van der Waals surface area contributed by atoms with Crippen molar-refractivity contribution in [2.75, 3.05) is 6.61 Å². The van der Waals surface area contributed by atoms with Crippen LogP contribution in [0.3, 0.4) is 0 Å². The number of hydrogen-bond donors (Lipinski definition) is 2. The molecule has 0 saturated heterocycles. The SMILES string of the molecule is O=C(NCc1ccoc1)c1ccc(C#CCCO)c(F)c1. The number of furan rings is 1. The predicted molar refractivity (Wildman–Crippen MR) is 74.9 cm³/mol. The largest absolute Gasteiger partial charge is 0.472 e. The normalized spacial score (nSPS) is 9.81. The number of amides is 1. The summed E-state index contributed by atoms with van der Waals surface area (Å²) in [7, 11) is 0. The third-order valence-corrected chi connectivity index (χ3v) is 2.72. The van der Waals surface area contributed by atoms with Gasteiger partial charge in [-0.25, -0.2) is 4.39 Å². The smallest absolute Gasteiger partial charge is 0.251 e. The van der Waals surface area contributed by atoms with Gasteiger partial charge in [-0.15, -0.1) is 0 Å². The number of hydrogen-bond acceptors (Lipinski definition) is 3. The number of carbonyl (C=O) groups is 1. The Morgan fingerprint density at radius 1 is 1.38 bits per heavy atom. The van der Waals surface area contributed by atoms with Crippen LogP contribution in [-0.2, 0) is 6.54 Å². The maximum absolute atomic E-state index is 13.8. The van der Waals surface area contributed by atoms with Gasteiger partial charge in [0.1, 0.15) is 5.82 Å². The highest BCUT2D eigenvalue weighted by atomic mass is 19.1. The maximum atomic E-state index is 13.8. The van der Waals surface area contributed by atoms with Crippen molar-refractivity contribution >= 4 is 5.91 Å². The molecule has 4 nitrogen and oxygen atoms in total. The monoisotopic (exact) mass is 287 g/mol. The molecule has 21 heavy (non-hydrogen) atoms. The lowest BCUT2D eigenvalue weighted by Crippen LogP contribution is -2.22. The van der Waals surface area contributed by atoms with Crippen LogP contribution >= 0.6 is 0 Å². The summed E-state index contributed by atoms with van der Waals surface area (Å²) in [6, 6.07) is 5.84. The molecule has 1 aromatic heterocycles. The molecule has 108 valence electrons. The van der Waals surface area contributed by atoms with E-state index < -0.39 is 5.82 Å². The van der Waals surface area contributed by atoms with Gasteiger partial charge in [-0.05, 0) is 24.3 Å². The van der Waals surface area contributed by atoms with Gasteiger partial charge in [0.15, 0.2) is 0 Å². The van der Waals surface area contributed by atoms with Crippen molar-refractivity contribution < 1.29 is 18.7 Å². The molecule has 0 fully saturated rings. The first-order chi connectivity index (χ1) is 10.2. The lowest BCUT2D eigenvalue weighted by Gasteiger charge is -2.04. The van der Waals surface area contributed by atoms with Crippen molar-refractivity contribution in [3.05, 3.63) is 59.3 Å². The van der Waals surface area contributed by atoms with Gasteiger partial charge in [-0.3, -0.25) is 4.79 Å². The molecule has 0 bridgehead atoms. The number of aliphatic hydroxyl groups excluding tert-OH is 1. The molecule has 0 radical (unpaired) electrons. The Bertz CT molecular complexity index is 669. The first-order valence-electron chi connectivity index (χ1n) is 6.39. The van der Waals surface area contributed by atoms with Crippen LogP contribution in [0, 0.1) is 17.7 Å². The quantitative estimate of drug-likeness (QED) is 0.846. The Balaban J connectivity index is 2.02. The van der Waals surface area contributed by atoms with Gasteiger partial charge in [0.2, 0.25) is 0 Å². The lowest BCUT2D eigenvalue weighted by atomic mass is 10.1. The minimum Gasteiger partial charge on any atom is -0.472 e. The van der Waals surface area contributed by atoms with E-state index in [0.717, 1.165) is 11.6 Å². The summed E-state index contributed by atoms with van der Waals surface area (Å²) < 4.78 is 18.7. The fourth-order valence-electron chi connectivity index (χ4n) is 1.65.